The van der Waals surface area contributed by atoms with Crippen LogP contribution >= 0.6 is 15.9 Å². The van der Waals surface area contributed by atoms with Gasteiger partial charge in [0, 0.05) is 10.7 Å². The summed E-state index contributed by atoms with van der Waals surface area (Å²) < 4.78 is 10.8. The number of nitrogens with zero attached hydrogens (tertiary/aromatic N) is 2. The van der Waals surface area contributed by atoms with E-state index in [4.69, 9.17) is 9.47 Å². The lowest BCUT2D eigenvalue weighted by Gasteiger charge is -2.06. The van der Waals surface area contributed by atoms with Gasteiger partial charge in [-0.2, -0.15) is 9.97 Å². The van der Waals surface area contributed by atoms with E-state index in [1.807, 2.05) is 0 Å². The molecule has 0 fully saturated rings. The zero-order chi connectivity index (χ0) is 13.8. The van der Waals surface area contributed by atoms with Crippen molar-refractivity contribution in [3.05, 3.63) is 28.5 Å². The molecule has 0 aromatic carbocycles. The molecule has 0 saturated heterocycles. The molecule has 1 amide bonds. The van der Waals surface area contributed by atoms with Crippen molar-refractivity contribution in [1.82, 2.24) is 15.0 Å². The Hall–Kier alpha value is -2.09. The van der Waals surface area contributed by atoms with Crippen LogP contribution in [0.15, 0.2) is 22.8 Å². The number of aromatic nitrogens is 3. The van der Waals surface area contributed by atoms with Crippen LogP contribution in [0.4, 0.5) is 5.95 Å². The van der Waals surface area contributed by atoms with Gasteiger partial charge in [0.25, 0.3) is 5.91 Å². The highest BCUT2D eigenvalue weighted by molar-refractivity contribution is 9.10. The zero-order valence-electron chi connectivity index (χ0n) is 10.2. The lowest BCUT2D eigenvalue weighted by Crippen LogP contribution is -2.15. The standard InChI is InChI=1S/C11H11BrN4O3/c1-18-8-4-9(19-2)15-11(14-8)16-10(17)7-3-6(12)5-13-7/h3-5,13H,1-2H3,(H,14,15,16,17). The van der Waals surface area contributed by atoms with Crippen molar-refractivity contribution in [2.75, 3.05) is 19.5 Å². The molecular formula is C11H11BrN4O3. The van der Waals surface area contributed by atoms with E-state index >= 15 is 0 Å². The van der Waals surface area contributed by atoms with E-state index in [1.54, 1.807) is 12.3 Å². The molecule has 0 aliphatic rings. The van der Waals surface area contributed by atoms with E-state index in [0.717, 1.165) is 4.47 Å². The highest BCUT2D eigenvalue weighted by Gasteiger charge is 2.12. The summed E-state index contributed by atoms with van der Waals surface area (Å²) >= 11 is 3.25. The summed E-state index contributed by atoms with van der Waals surface area (Å²) in [7, 11) is 2.94. The van der Waals surface area contributed by atoms with E-state index in [2.05, 4.69) is 36.2 Å². The molecule has 100 valence electrons. The van der Waals surface area contributed by atoms with Crippen LogP contribution in [0, 0.1) is 0 Å². The summed E-state index contributed by atoms with van der Waals surface area (Å²) in [5, 5.41) is 2.55. The molecule has 0 bridgehead atoms. The molecule has 19 heavy (non-hydrogen) atoms. The topological polar surface area (TPSA) is 89.1 Å². The van der Waals surface area contributed by atoms with Crippen molar-refractivity contribution in [1.29, 1.82) is 0 Å². The Morgan fingerprint density at radius 2 is 1.89 bits per heavy atom. The minimum absolute atomic E-state index is 0.104. The highest BCUT2D eigenvalue weighted by atomic mass is 79.9. The predicted molar refractivity (Wildman–Crippen MR) is 71.6 cm³/mol. The van der Waals surface area contributed by atoms with Crippen LogP contribution in [0.25, 0.3) is 0 Å². The number of halogens is 1. The molecule has 0 aliphatic heterocycles. The lowest BCUT2D eigenvalue weighted by molar-refractivity contribution is 0.102. The number of nitrogens with one attached hydrogen (secondary N) is 2. The first-order valence-electron chi connectivity index (χ1n) is 5.24. The van der Waals surface area contributed by atoms with Gasteiger partial charge >= 0.3 is 0 Å². The molecule has 2 rings (SSSR count). The molecule has 2 heterocycles. The molecule has 2 aromatic rings. The van der Waals surface area contributed by atoms with Crippen molar-refractivity contribution < 1.29 is 14.3 Å². The maximum absolute atomic E-state index is 11.9. The fourth-order valence-corrected chi connectivity index (χ4v) is 1.68. The molecule has 0 spiro atoms. The number of carbonyl (C=O) groups excluding carboxylic acids is 1. The Balaban J connectivity index is 2.20. The van der Waals surface area contributed by atoms with Gasteiger partial charge in [-0.05, 0) is 22.0 Å². The van der Waals surface area contributed by atoms with Crippen LogP contribution in [0.3, 0.4) is 0 Å². The third-order valence-corrected chi connectivity index (χ3v) is 2.67. The minimum atomic E-state index is -0.360. The quantitative estimate of drug-likeness (QED) is 0.894. The number of anilines is 1. The van der Waals surface area contributed by atoms with Crippen LogP contribution < -0.4 is 14.8 Å². The smallest absolute Gasteiger partial charge is 0.274 e. The maximum Gasteiger partial charge on any atom is 0.274 e. The number of carbonyl (C=O) groups is 1. The largest absolute Gasteiger partial charge is 0.481 e. The van der Waals surface area contributed by atoms with Crippen molar-refractivity contribution in [3.63, 3.8) is 0 Å². The van der Waals surface area contributed by atoms with Gasteiger partial charge in [-0.15, -0.1) is 0 Å². The van der Waals surface area contributed by atoms with E-state index in [-0.39, 0.29) is 11.9 Å². The molecule has 2 N–H and O–H groups in total. The molecule has 0 saturated carbocycles. The molecule has 2 aromatic heterocycles. The number of hydrogen-bond acceptors (Lipinski definition) is 5. The average molecular weight is 327 g/mol. The first-order valence-corrected chi connectivity index (χ1v) is 6.04. The summed E-state index contributed by atoms with van der Waals surface area (Å²) in [5.74, 6) is 0.345. The average Bonchev–Trinajstić information content (AvgIpc) is 2.85. The van der Waals surface area contributed by atoms with Gasteiger partial charge in [0.15, 0.2) is 0 Å². The van der Waals surface area contributed by atoms with Crippen molar-refractivity contribution >= 4 is 27.8 Å². The molecule has 0 unspecified atom stereocenters. The summed E-state index contributed by atoms with van der Waals surface area (Å²) in [6.45, 7) is 0. The number of ether oxygens (including phenoxy) is 2. The minimum Gasteiger partial charge on any atom is -0.481 e. The van der Waals surface area contributed by atoms with Gasteiger partial charge in [-0.25, -0.2) is 0 Å². The van der Waals surface area contributed by atoms with Crippen LogP contribution in [0.1, 0.15) is 10.5 Å². The van der Waals surface area contributed by atoms with Crippen LogP contribution in [-0.4, -0.2) is 35.1 Å². The molecular weight excluding hydrogens is 316 g/mol. The van der Waals surface area contributed by atoms with E-state index in [9.17, 15) is 4.79 Å². The normalized spacial score (nSPS) is 10.1. The number of H-pyrrole nitrogens is 1. The summed E-state index contributed by atoms with van der Waals surface area (Å²) in [6.07, 6.45) is 1.65. The third-order valence-electron chi connectivity index (χ3n) is 2.22. The Labute approximate surface area is 117 Å². The molecule has 0 aliphatic carbocycles. The second-order valence-corrected chi connectivity index (χ2v) is 4.38. The molecule has 0 radical (unpaired) electrons. The fourth-order valence-electron chi connectivity index (χ4n) is 1.34. The highest BCUT2D eigenvalue weighted by Crippen LogP contribution is 2.18. The monoisotopic (exact) mass is 326 g/mol. The number of rotatable bonds is 4. The lowest BCUT2D eigenvalue weighted by atomic mass is 10.4. The maximum atomic E-state index is 11.9. The zero-order valence-corrected chi connectivity index (χ0v) is 11.8. The van der Waals surface area contributed by atoms with Crippen LogP contribution in [0.2, 0.25) is 0 Å². The molecule has 0 atom stereocenters. The third kappa shape index (κ3) is 3.22. The first kappa shape index (κ1) is 13.3. The van der Waals surface area contributed by atoms with Gasteiger partial charge in [0.05, 0.1) is 20.3 Å². The Morgan fingerprint density at radius 3 is 2.37 bits per heavy atom. The number of methoxy groups -OCH3 is 2. The van der Waals surface area contributed by atoms with Crippen LogP contribution in [-0.2, 0) is 0 Å². The van der Waals surface area contributed by atoms with Crippen molar-refractivity contribution in [2.24, 2.45) is 0 Å². The Kier molecular flexibility index (Phi) is 4.00. The predicted octanol–water partition coefficient (Wildman–Crippen LogP) is 1.84. The number of aromatic amines is 1. The van der Waals surface area contributed by atoms with Crippen molar-refractivity contribution in [3.8, 4) is 11.8 Å². The van der Waals surface area contributed by atoms with E-state index in [0.29, 0.717) is 17.5 Å². The Bertz CT molecular complexity index is 577. The first-order chi connectivity index (χ1) is 9.12. The summed E-state index contributed by atoms with van der Waals surface area (Å²) in [6, 6.07) is 3.16. The van der Waals surface area contributed by atoms with E-state index < -0.39 is 0 Å². The van der Waals surface area contributed by atoms with E-state index in [1.165, 1.54) is 20.3 Å². The summed E-state index contributed by atoms with van der Waals surface area (Å²) in [5.41, 5.74) is 0.386. The van der Waals surface area contributed by atoms with Gasteiger partial charge < -0.3 is 14.5 Å². The fraction of sp³-hybridized carbons (Fsp3) is 0.182. The molecule has 7 nitrogen and oxygen atoms in total. The second kappa shape index (κ2) is 5.70. The second-order valence-electron chi connectivity index (χ2n) is 3.46. The Morgan fingerprint density at radius 1 is 1.26 bits per heavy atom. The van der Waals surface area contributed by atoms with Gasteiger partial charge in [0.1, 0.15) is 5.69 Å². The number of amides is 1. The summed E-state index contributed by atoms with van der Waals surface area (Å²) in [4.78, 5) is 22.7. The number of hydrogen-bond donors (Lipinski definition) is 2. The van der Waals surface area contributed by atoms with Gasteiger partial charge in [0.2, 0.25) is 17.7 Å². The van der Waals surface area contributed by atoms with Gasteiger partial charge in [-0.3, -0.25) is 10.1 Å². The van der Waals surface area contributed by atoms with Crippen molar-refractivity contribution in [2.45, 2.75) is 0 Å². The van der Waals surface area contributed by atoms with Crippen LogP contribution in [0.5, 0.6) is 11.8 Å². The SMILES string of the molecule is COc1cc(OC)nc(NC(=O)c2cc(Br)c[nH]2)n1. The molecule has 8 heteroatoms. The van der Waals surface area contributed by atoms with Gasteiger partial charge in [-0.1, -0.05) is 0 Å².